The maximum atomic E-state index is 13.3. The second-order valence-corrected chi connectivity index (χ2v) is 9.76. The minimum Gasteiger partial charge on any atom is -0.381 e. The molecule has 35 heavy (non-hydrogen) atoms. The Kier molecular flexibility index (Phi) is 6.55. The van der Waals surface area contributed by atoms with Gasteiger partial charge >= 0.3 is 0 Å². The van der Waals surface area contributed by atoms with Crippen LogP contribution in [0.4, 0.5) is 5.69 Å². The molecule has 4 aromatic rings. The third-order valence-electron chi connectivity index (χ3n) is 6.86. The van der Waals surface area contributed by atoms with Crippen molar-refractivity contribution in [2.45, 2.75) is 64.1 Å². The quantitative estimate of drug-likeness (QED) is 0.317. The van der Waals surface area contributed by atoms with E-state index in [-0.39, 0.29) is 11.9 Å². The molecule has 0 bridgehead atoms. The van der Waals surface area contributed by atoms with Gasteiger partial charge in [-0.1, -0.05) is 26.0 Å². The highest BCUT2D eigenvalue weighted by Crippen LogP contribution is 2.32. The van der Waals surface area contributed by atoms with Crippen molar-refractivity contribution in [2.24, 2.45) is 5.73 Å². The van der Waals surface area contributed by atoms with E-state index in [0.717, 1.165) is 59.3 Å². The molecule has 8 nitrogen and oxygen atoms in total. The summed E-state index contributed by atoms with van der Waals surface area (Å²) in [6.07, 6.45) is 11.1. The Morgan fingerprint density at radius 2 is 1.97 bits per heavy atom. The third kappa shape index (κ3) is 5.07. The molecule has 1 saturated carbocycles. The smallest absolute Gasteiger partial charge is 0.255 e. The molecule has 0 unspecified atom stereocenters. The normalized spacial score (nSPS) is 18.2. The maximum absolute atomic E-state index is 13.3. The van der Waals surface area contributed by atoms with Crippen LogP contribution in [-0.4, -0.2) is 37.5 Å². The summed E-state index contributed by atoms with van der Waals surface area (Å²) in [5.74, 6) is 0.202. The summed E-state index contributed by atoms with van der Waals surface area (Å²) in [5, 5.41) is 7.72. The molecule has 0 atom stereocenters. The molecule has 0 aliphatic heterocycles. The van der Waals surface area contributed by atoms with Crippen LogP contribution in [0, 0.1) is 0 Å². The molecule has 0 radical (unpaired) electrons. The number of carbonyl (C=O) groups excluding carboxylic acids is 1. The molecule has 5 N–H and O–H groups in total. The summed E-state index contributed by atoms with van der Waals surface area (Å²) in [6.45, 7) is 4.72. The predicted molar refractivity (Wildman–Crippen MR) is 139 cm³/mol. The van der Waals surface area contributed by atoms with Crippen LogP contribution >= 0.6 is 0 Å². The molecule has 0 spiro atoms. The number of hydrogen-bond acceptors (Lipinski definition) is 5. The molecule has 3 aromatic heterocycles. The summed E-state index contributed by atoms with van der Waals surface area (Å²) in [4.78, 5) is 25.4. The topological polar surface area (TPSA) is 114 Å². The van der Waals surface area contributed by atoms with E-state index >= 15 is 0 Å². The zero-order valence-corrected chi connectivity index (χ0v) is 20.3. The molecular formula is C27H33N7O. The van der Waals surface area contributed by atoms with Gasteiger partial charge in [0.25, 0.3) is 5.91 Å². The number of benzene rings is 1. The van der Waals surface area contributed by atoms with Crippen molar-refractivity contribution in [1.82, 2.24) is 24.8 Å². The first-order chi connectivity index (χ1) is 17.0. The minimum atomic E-state index is -0.139. The van der Waals surface area contributed by atoms with E-state index in [4.69, 9.17) is 5.73 Å². The van der Waals surface area contributed by atoms with Crippen LogP contribution in [0.1, 0.15) is 67.1 Å². The zero-order chi connectivity index (χ0) is 24.4. The van der Waals surface area contributed by atoms with Crippen molar-refractivity contribution in [3.05, 3.63) is 72.1 Å². The van der Waals surface area contributed by atoms with E-state index in [2.05, 4.69) is 45.5 Å². The number of aromatic amines is 1. The maximum Gasteiger partial charge on any atom is 0.255 e. The van der Waals surface area contributed by atoms with Crippen LogP contribution < -0.4 is 16.4 Å². The lowest BCUT2D eigenvalue weighted by atomic mass is 9.91. The molecule has 1 amide bonds. The van der Waals surface area contributed by atoms with Gasteiger partial charge in [-0.15, -0.1) is 0 Å². The SMILES string of the molecule is CC(C)c1cc2c(NC3CCC(N)CC3)c(C(=O)NCc3ccc(-n4ccnc4)cc3)cnc2[nH]1. The van der Waals surface area contributed by atoms with E-state index in [0.29, 0.717) is 24.1 Å². The van der Waals surface area contributed by atoms with E-state index in [9.17, 15) is 4.79 Å². The Bertz CT molecular complexity index is 1280. The number of carbonyl (C=O) groups is 1. The number of hydrogen-bond donors (Lipinski definition) is 4. The molecular weight excluding hydrogens is 438 g/mol. The number of nitrogens with two attached hydrogens (primary N) is 1. The van der Waals surface area contributed by atoms with Gasteiger partial charge in [-0.3, -0.25) is 4.79 Å². The van der Waals surface area contributed by atoms with Crippen molar-refractivity contribution in [3.8, 4) is 5.69 Å². The first kappa shape index (κ1) is 23.1. The minimum absolute atomic E-state index is 0.139. The fourth-order valence-corrected chi connectivity index (χ4v) is 4.68. The molecule has 1 fully saturated rings. The molecule has 1 aliphatic rings. The standard InChI is InChI=1S/C27H33N7O/c1-17(2)24-13-22-25(32-20-7-5-19(28)6-8-20)23(15-30-26(22)33-24)27(35)31-14-18-3-9-21(10-4-18)34-12-11-29-16-34/h3-4,9-13,15-17,19-20H,5-8,14,28H2,1-2H3,(H,31,35)(H2,30,32,33). The number of amides is 1. The van der Waals surface area contributed by atoms with E-state index in [1.54, 1.807) is 18.7 Å². The number of pyridine rings is 1. The molecule has 182 valence electrons. The monoisotopic (exact) mass is 471 g/mol. The van der Waals surface area contributed by atoms with E-state index < -0.39 is 0 Å². The summed E-state index contributed by atoms with van der Waals surface area (Å²) in [7, 11) is 0. The van der Waals surface area contributed by atoms with Gasteiger partial charge in [-0.2, -0.15) is 0 Å². The lowest BCUT2D eigenvalue weighted by Gasteiger charge is -2.28. The van der Waals surface area contributed by atoms with E-state index in [1.807, 2.05) is 35.0 Å². The van der Waals surface area contributed by atoms with Gasteiger partial charge in [-0.25, -0.2) is 9.97 Å². The highest BCUT2D eigenvalue weighted by molar-refractivity contribution is 6.06. The van der Waals surface area contributed by atoms with Crippen molar-refractivity contribution in [1.29, 1.82) is 0 Å². The van der Waals surface area contributed by atoms with Crippen LogP contribution in [0.2, 0.25) is 0 Å². The Labute approximate surface area is 205 Å². The summed E-state index contributed by atoms with van der Waals surface area (Å²) in [5.41, 5.74) is 11.5. The Morgan fingerprint density at radius 1 is 1.20 bits per heavy atom. The van der Waals surface area contributed by atoms with E-state index in [1.165, 1.54) is 0 Å². The predicted octanol–water partition coefficient (Wildman–Crippen LogP) is 4.48. The highest BCUT2D eigenvalue weighted by atomic mass is 16.1. The van der Waals surface area contributed by atoms with Crippen LogP contribution in [0.5, 0.6) is 0 Å². The lowest BCUT2D eigenvalue weighted by Crippen LogP contribution is -2.33. The molecule has 5 rings (SSSR count). The van der Waals surface area contributed by atoms with Crippen LogP contribution in [0.3, 0.4) is 0 Å². The number of rotatable bonds is 7. The van der Waals surface area contributed by atoms with Gasteiger partial charge in [0.15, 0.2) is 0 Å². The summed E-state index contributed by atoms with van der Waals surface area (Å²) < 4.78 is 1.95. The second kappa shape index (κ2) is 9.92. The number of nitrogens with one attached hydrogen (secondary N) is 3. The molecule has 8 heteroatoms. The largest absolute Gasteiger partial charge is 0.381 e. The van der Waals surface area contributed by atoms with Gasteiger partial charge in [0.2, 0.25) is 0 Å². The fourth-order valence-electron chi connectivity index (χ4n) is 4.68. The lowest BCUT2D eigenvalue weighted by molar-refractivity contribution is 0.0951. The zero-order valence-electron chi connectivity index (χ0n) is 20.3. The summed E-state index contributed by atoms with van der Waals surface area (Å²) in [6, 6.07) is 10.8. The molecule has 1 aromatic carbocycles. The fraction of sp³-hybridized carbons (Fsp3) is 0.370. The number of nitrogens with zero attached hydrogens (tertiary/aromatic N) is 3. The third-order valence-corrected chi connectivity index (χ3v) is 6.86. The molecule has 3 heterocycles. The van der Waals surface area contributed by atoms with Crippen LogP contribution in [0.15, 0.2) is 55.2 Å². The summed E-state index contributed by atoms with van der Waals surface area (Å²) >= 11 is 0. The highest BCUT2D eigenvalue weighted by Gasteiger charge is 2.23. The molecule has 1 aliphatic carbocycles. The average Bonchev–Trinajstić information content (AvgIpc) is 3.55. The van der Waals surface area contributed by atoms with Crippen molar-refractivity contribution >= 4 is 22.6 Å². The number of fused-ring (bicyclic) bond motifs is 1. The van der Waals surface area contributed by atoms with Gasteiger partial charge < -0.3 is 25.9 Å². The Morgan fingerprint density at radius 3 is 2.66 bits per heavy atom. The number of H-pyrrole nitrogens is 1. The van der Waals surface area contributed by atoms with Gasteiger partial charge in [0, 0.05) is 54.0 Å². The second-order valence-electron chi connectivity index (χ2n) is 9.76. The molecule has 0 saturated heterocycles. The van der Waals surface area contributed by atoms with Gasteiger partial charge in [-0.05, 0) is 55.4 Å². The van der Waals surface area contributed by atoms with Gasteiger partial charge in [0.05, 0.1) is 17.6 Å². The average molecular weight is 472 g/mol. The first-order valence-electron chi connectivity index (χ1n) is 12.4. The van der Waals surface area contributed by atoms with Crippen LogP contribution in [0.25, 0.3) is 16.7 Å². The number of aromatic nitrogens is 4. The van der Waals surface area contributed by atoms with Crippen molar-refractivity contribution < 1.29 is 4.79 Å². The number of anilines is 1. The number of imidazole rings is 1. The van der Waals surface area contributed by atoms with Crippen LogP contribution in [-0.2, 0) is 6.54 Å². The van der Waals surface area contributed by atoms with Crippen molar-refractivity contribution in [2.75, 3.05) is 5.32 Å². The first-order valence-corrected chi connectivity index (χ1v) is 12.4. The Balaban J connectivity index is 1.37. The Hall–Kier alpha value is -3.65. The van der Waals surface area contributed by atoms with Gasteiger partial charge in [0.1, 0.15) is 5.65 Å². The van der Waals surface area contributed by atoms with Crippen molar-refractivity contribution in [3.63, 3.8) is 0 Å².